The number of carbonyl (C=O) groups is 2. The number of carboxylic acid groups (broad SMARTS) is 1. The number of hydrogen-bond acceptors (Lipinski definition) is 7. The predicted octanol–water partition coefficient (Wildman–Crippen LogP) is 4.62. The van der Waals surface area contributed by atoms with Crippen LogP contribution in [0.2, 0.25) is 0 Å². The van der Waals surface area contributed by atoms with Crippen molar-refractivity contribution in [2.75, 3.05) is 0 Å². The Morgan fingerprint density at radius 1 is 1.05 bits per heavy atom. The molecule has 0 radical (unpaired) electrons. The Hall–Kier alpha value is -4.86. The summed E-state index contributed by atoms with van der Waals surface area (Å²) in [6.07, 6.45) is -0.297. The molecule has 10 heteroatoms. The third kappa shape index (κ3) is 5.44. The van der Waals surface area contributed by atoms with E-state index >= 15 is 0 Å². The second-order valence-electron chi connectivity index (χ2n) is 8.81. The van der Waals surface area contributed by atoms with E-state index < -0.39 is 17.7 Å². The zero-order valence-corrected chi connectivity index (χ0v) is 20.0. The first kappa shape index (κ1) is 24.8. The molecular weight excluding hydrogens is 493 g/mol. The van der Waals surface area contributed by atoms with Crippen LogP contribution in [-0.4, -0.2) is 31.9 Å². The maximum Gasteiger partial charge on any atom is 0.307 e. The third-order valence-electron chi connectivity index (χ3n) is 6.18. The molecule has 0 fully saturated rings. The first-order chi connectivity index (χ1) is 18.4. The molecule has 0 spiro atoms. The highest BCUT2D eigenvalue weighted by Crippen LogP contribution is 2.27. The molecule has 38 heavy (non-hydrogen) atoms. The van der Waals surface area contributed by atoms with E-state index in [0.717, 1.165) is 10.2 Å². The van der Waals surface area contributed by atoms with E-state index in [9.17, 15) is 23.9 Å². The highest BCUT2D eigenvalue weighted by atomic mass is 19.1. The van der Waals surface area contributed by atoms with Crippen molar-refractivity contribution in [3.8, 4) is 5.75 Å². The van der Waals surface area contributed by atoms with Crippen molar-refractivity contribution >= 4 is 33.6 Å². The predicted molar refractivity (Wildman–Crippen MR) is 135 cm³/mol. The van der Waals surface area contributed by atoms with Gasteiger partial charge in [0, 0.05) is 18.4 Å². The molecule has 2 heterocycles. The van der Waals surface area contributed by atoms with Gasteiger partial charge in [0.15, 0.2) is 11.5 Å². The SMILES string of the molecule is O=C(CC(CCn1nnc2ccccc2c1=O)C(=O)O)c1cc2cc(OCc3ccc(F)cc3)ccc2o1. The van der Waals surface area contributed by atoms with Gasteiger partial charge < -0.3 is 14.3 Å². The van der Waals surface area contributed by atoms with Gasteiger partial charge in [0.1, 0.15) is 29.3 Å². The standard InChI is InChI=1S/C28H22FN3O6/c29-20-7-5-17(6-8-20)16-37-21-9-10-25-19(13-21)15-26(38-25)24(33)14-18(28(35)36)11-12-32-27(34)22-3-1-2-4-23(22)30-31-32/h1-10,13,15,18H,11-12,14,16H2,(H,35,36). The Morgan fingerprint density at radius 3 is 2.63 bits per heavy atom. The Kier molecular flexibility index (Phi) is 6.94. The van der Waals surface area contributed by atoms with Crippen molar-refractivity contribution in [3.05, 3.63) is 100 Å². The van der Waals surface area contributed by atoms with Crippen molar-refractivity contribution in [2.24, 2.45) is 5.92 Å². The third-order valence-corrected chi connectivity index (χ3v) is 6.18. The molecular formula is C28H22FN3O6. The van der Waals surface area contributed by atoms with Gasteiger partial charge in [-0.1, -0.05) is 29.5 Å². The van der Waals surface area contributed by atoms with Crippen LogP contribution >= 0.6 is 0 Å². The van der Waals surface area contributed by atoms with Gasteiger partial charge in [-0.25, -0.2) is 9.07 Å². The Morgan fingerprint density at radius 2 is 1.84 bits per heavy atom. The number of hydrogen-bond donors (Lipinski definition) is 1. The molecule has 5 rings (SSSR count). The van der Waals surface area contributed by atoms with Crippen molar-refractivity contribution in [2.45, 2.75) is 26.0 Å². The molecule has 5 aromatic rings. The van der Waals surface area contributed by atoms with E-state index in [1.807, 2.05) is 0 Å². The number of aromatic nitrogens is 3. The van der Waals surface area contributed by atoms with Crippen LogP contribution in [0.3, 0.4) is 0 Å². The Balaban J connectivity index is 1.25. The minimum atomic E-state index is -1.16. The van der Waals surface area contributed by atoms with Crippen LogP contribution in [0.25, 0.3) is 21.9 Å². The van der Waals surface area contributed by atoms with E-state index in [2.05, 4.69) is 10.3 Å². The quantitative estimate of drug-likeness (QED) is 0.267. The number of ketones is 1. The molecule has 0 bridgehead atoms. The molecule has 9 nitrogen and oxygen atoms in total. The number of aryl methyl sites for hydroxylation is 1. The lowest BCUT2D eigenvalue weighted by molar-refractivity contribution is -0.142. The molecule has 0 amide bonds. The lowest BCUT2D eigenvalue weighted by Crippen LogP contribution is -2.27. The molecule has 0 aliphatic heterocycles. The summed E-state index contributed by atoms with van der Waals surface area (Å²) in [6, 6.07) is 19.3. The summed E-state index contributed by atoms with van der Waals surface area (Å²) in [5.74, 6) is -2.44. The number of fused-ring (bicyclic) bond motifs is 2. The molecule has 192 valence electrons. The Labute approximate surface area is 215 Å². The molecule has 0 saturated carbocycles. The average Bonchev–Trinajstić information content (AvgIpc) is 3.35. The van der Waals surface area contributed by atoms with Crippen molar-refractivity contribution < 1.29 is 28.2 Å². The van der Waals surface area contributed by atoms with Gasteiger partial charge in [-0.2, -0.15) is 0 Å². The van der Waals surface area contributed by atoms with Gasteiger partial charge in [0.05, 0.1) is 11.3 Å². The number of ether oxygens (including phenoxy) is 1. The summed E-state index contributed by atoms with van der Waals surface area (Å²) in [7, 11) is 0. The fraction of sp³-hybridized carbons (Fsp3) is 0.179. The lowest BCUT2D eigenvalue weighted by Gasteiger charge is -2.11. The number of furan rings is 1. The maximum absolute atomic E-state index is 13.1. The molecule has 1 unspecified atom stereocenters. The number of aliphatic carboxylic acids is 1. The van der Waals surface area contributed by atoms with Gasteiger partial charge in [0.2, 0.25) is 0 Å². The summed E-state index contributed by atoms with van der Waals surface area (Å²) in [5.41, 5.74) is 1.33. The fourth-order valence-electron chi connectivity index (χ4n) is 4.08. The molecule has 2 aromatic heterocycles. The molecule has 0 aliphatic rings. The van der Waals surface area contributed by atoms with E-state index in [-0.39, 0.29) is 43.1 Å². The smallest absolute Gasteiger partial charge is 0.307 e. The monoisotopic (exact) mass is 515 g/mol. The van der Waals surface area contributed by atoms with E-state index in [1.54, 1.807) is 60.7 Å². The van der Waals surface area contributed by atoms with E-state index in [0.29, 0.717) is 27.6 Å². The first-order valence-electron chi connectivity index (χ1n) is 11.9. The number of carbonyl (C=O) groups excluding carboxylic acids is 1. The second kappa shape index (κ2) is 10.6. The summed E-state index contributed by atoms with van der Waals surface area (Å²) in [6.45, 7) is 0.232. The zero-order chi connectivity index (χ0) is 26.6. The molecule has 1 N–H and O–H groups in total. The fourth-order valence-corrected chi connectivity index (χ4v) is 4.08. The number of halogens is 1. The van der Waals surface area contributed by atoms with Crippen molar-refractivity contribution in [3.63, 3.8) is 0 Å². The zero-order valence-electron chi connectivity index (χ0n) is 20.0. The summed E-state index contributed by atoms with van der Waals surface area (Å²) >= 11 is 0. The van der Waals surface area contributed by atoms with E-state index in [4.69, 9.17) is 9.15 Å². The van der Waals surface area contributed by atoms with Gasteiger partial charge in [-0.3, -0.25) is 14.4 Å². The second-order valence-corrected chi connectivity index (χ2v) is 8.81. The average molecular weight is 515 g/mol. The molecule has 3 aromatic carbocycles. The Bertz CT molecular complexity index is 1690. The summed E-state index contributed by atoms with van der Waals surface area (Å²) in [5, 5.41) is 18.6. The normalized spacial score (nSPS) is 12.0. The summed E-state index contributed by atoms with van der Waals surface area (Å²) < 4.78 is 25.6. The van der Waals surface area contributed by atoms with Crippen LogP contribution in [-0.2, 0) is 17.9 Å². The number of benzene rings is 3. The topological polar surface area (TPSA) is 125 Å². The largest absolute Gasteiger partial charge is 0.489 e. The first-order valence-corrected chi connectivity index (χ1v) is 11.9. The maximum atomic E-state index is 13.1. The van der Waals surface area contributed by atoms with Crippen molar-refractivity contribution in [1.29, 1.82) is 0 Å². The van der Waals surface area contributed by atoms with Crippen LogP contribution in [0, 0.1) is 11.7 Å². The minimum absolute atomic E-state index is 0.00417. The van der Waals surface area contributed by atoms with Gasteiger partial charge >= 0.3 is 5.97 Å². The molecule has 0 saturated heterocycles. The van der Waals surface area contributed by atoms with Crippen LogP contribution < -0.4 is 10.3 Å². The van der Waals surface area contributed by atoms with Crippen LogP contribution in [0.15, 0.2) is 82.0 Å². The summed E-state index contributed by atoms with van der Waals surface area (Å²) in [4.78, 5) is 37.4. The van der Waals surface area contributed by atoms with E-state index in [1.165, 1.54) is 12.1 Å². The number of carboxylic acids is 1. The molecule has 1 atom stereocenters. The molecule has 0 aliphatic carbocycles. The van der Waals surface area contributed by atoms with Gasteiger partial charge in [0.25, 0.3) is 5.56 Å². The minimum Gasteiger partial charge on any atom is -0.489 e. The van der Waals surface area contributed by atoms with Crippen LogP contribution in [0.4, 0.5) is 4.39 Å². The van der Waals surface area contributed by atoms with Crippen molar-refractivity contribution in [1.82, 2.24) is 15.0 Å². The number of nitrogens with zero attached hydrogens (tertiary/aromatic N) is 3. The van der Waals surface area contributed by atoms with Crippen LogP contribution in [0.1, 0.15) is 29.0 Å². The highest BCUT2D eigenvalue weighted by Gasteiger charge is 2.24. The van der Waals surface area contributed by atoms with Gasteiger partial charge in [-0.05, 0) is 60.5 Å². The van der Waals surface area contributed by atoms with Gasteiger partial charge in [-0.15, -0.1) is 5.10 Å². The highest BCUT2D eigenvalue weighted by molar-refractivity contribution is 5.99. The number of rotatable bonds is 10. The lowest BCUT2D eigenvalue weighted by atomic mass is 9.98. The van der Waals surface area contributed by atoms with Crippen LogP contribution in [0.5, 0.6) is 5.75 Å². The number of Topliss-reactive ketones (excluding diaryl/α,β-unsaturated/α-hetero) is 1.